The molecule has 0 aromatic heterocycles. The molecule has 0 aliphatic heterocycles. The van der Waals surface area contributed by atoms with Crippen molar-refractivity contribution in [1.29, 1.82) is 0 Å². The molecule has 0 aliphatic carbocycles. The van der Waals surface area contributed by atoms with Gasteiger partial charge in [-0.2, -0.15) is 130 Å². The number of amides is 2. The summed E-state index contributed by atoms with van der Waals surface area (Å²) in [5.41, 5.74) is -5.32. The molecule has 61 heavy (non-hydrogen) atoms. The van der Waals surface area contributed by atoms with E-state index in [1.807, 2.05) is 0 Å². The number of halogens is 18. The van der Waals surface area contributed by atoms with Crippen LogP contribution in [-0.4, -0.2) is 125 Å². The van der Waals surface area contributed by atoms with E-state index < -0.39 is 166 Å². The first kappa shape index (κ1) is 55.3. The van der Waals surface area contributed by atoms with E-state index >= 15 is 0 Å². The minimum Gasteiger partial charge on any atom is -0.378 e. The zero-order chi connectivity index (χ0) is 49.6. The number of rotatable bonds is 18. The molecule has 0 saturated carbocycles. The first-order chi connectivity index (χ1) is 26.1. The molecule has 44 heteroatoms. The summed E-state index contributed by atoms with van der Waals surface area (Å²) in [6, 6.07) is -3.11. The standard InChI is InChI=1S/C17H8F18N2O18S6/c18-9(19,14(28,29)58(44,45)46)12(24,25)56(40,41)36-7(38)4-1-5(8(39)37-57(42,43)13(26,27)10(20,21)15(30,31)59(47,48)49)3-6(2-4)55-61(53,54)17(34,35)11(22,23)16(32,33)60(50,51)52/h1-3H,(H,36,38)(H,37,39)(H,44,45,46)(H,47,48,49)(H,50,51,52). The molecule has 0 fully saturated rings. The number of carbonyl (C=O) groups excluding carboxylic acids is 2. The molecule has 0 heterocycles. The normalized spacial score (nSPS) is 15.6. The second-order valence-corrected chi connectivity index (χ2v) is 19.8. The number of hydrogen-bond donors (Lipinski definition) is 5. The highest BCUT2D eigenvalue weighted by molar-refractivity contribution is 7.92. The predicted molar refractivity (Wildman–Crippen MR) is 148 cm³/mol. The van der Waals surface area contributed by atoms with Crippen molar-refractivity contribution in [3.05, 3.63) is 29.3 Å². The molecule has 0 atom stereocenters. The van der Waals surface area contributed by atoms with Gasteiger partial charge in [0.05, 0.1) is 0 Å². The third-order valence-electron chi connectivity index (χ3n) is 6.25. The average Bonchev–Trinajstić information content (AvgIpc) is 3.01. The average molecular weight is 1060 g/mol. The number of carbonyl (C=O) groups is 2. The van der Waals surface area contributed by atoms with Gasteiger partial charge in [-0.25, -0.2) is 9.44 Å². The molecule has 0 unspecified atom stereocenters. The Morgan fingerprint density at radius 2 is 0.639 bits per heavy atom. The molecule has 1 aromatic rings. The Bertz CT molecular complexity index is 2540. The lowest BCUT2D eigenvalue weighted by Gasteiger charge is -2.30. The highest BCUT2D eigenvalue weighted by Crippen LogP contribution is 2.53. The van der Waals surface area contributed by atoms with Crippen molar-refractivity contribution in [3.8, 4) is 5.75 Å². The van der Waals surface area contributed by atoms with E-state index in [4.69, 9.17) is 13.7 Å². The Morgan fingerprint density at radius 1 is 0.410 bits per heavy atom. The summed E-state index contributed by atoms with van der Waals surface area (Å²) in [7, 11) is -48.1. The summed E-state index contributed by atoms with van der Waals surface area (Å²) in [5, 5.41) is -46.2. The SMILES string of the molecule is O=C(NS(=O)(=O)C(F)(F)C(F)(F)C(F)(F)S(=O)(=O)O)c1cc(OS(=O)(=O)C(F)(F)C(F)(F)C(F)(F)S(=O)(=O)O)cc(C(=O)NS(=O)(=O)C(F)(F)C(F)(F)C(F)(F)S(=O)(=O)O)c1. The van der Waals surface area contributed by atoms with E-state index in [1.165, 1.54) is 0 Å². The zero-order valence-electron chi connectivity index (χ0n) is 26.5. The minimum atomic E-state index is -8.32. The third kappa shape index (κ3) is 8.55. The molecule has 356 valence electrons. The van der Waals surface area contributed by atoms with Crippen molar-refractivity contribution in [2.24, 2.45) is 0 Å². The second kappa shape index (κ2) is 14.9. The molecule has 20 nitrogen and oxygen atoms in total. The van der Waals surface area contributed by atoms with Crippen LogP contribution in [0.15, 0.2) is 18.2 Å². The Hall–Kier alpha value is -3.72. The van der Waals surface area contributed by atoms with Gasteiger partial charge in [0.1, 0.15) is 5.75 Å². The second-order valence-electron chi connectivity index (χ2n) is 10.4. The highest BCUT2D eigenvalue weighted by atomic mass is 32.2. The van der Waals surface area contributed by atoms with Crippen molar-refractivity contribution in [1.82, 2.24) is 9.44 Å². The lowest BCUT2D eigenvalue weighted by atomic mass is 10.1. The van der Waals surface area contributed by atoms with Gasteiger partial charge < -0.3 is 4.18 Å². The van der Waals surface area contributed by atoms with E-state index in [0.717, 1.165) is 0 Å². The number of hydrogen-bond acceptors (Lipinski definition) is 15. The summed E-state index contributed by atoms with van der Waals surface area (Å²) in [4.78, 5) is 24.9. The van der Waals surface area contributed by atoms with E-state index in [2.05, 4.69) is 4.18 Å². The van der Waals surface area contributed by atoms with Gasteiger partial charge in [0, 0.05) is 11.1 Å². The van der Waals surface area contributed by atoms with E-state index in [0.29, 0.717) is 0 Å². The summed E-state index contributed by atoms with van der Waals surface area (Å²) < 4.78 is 411. The van der Waals surface area contributed by atoms with Gasteiger partial charge in [-0.3, -0.25) is 23.2 Å². The van der Waals surface area contributed by atoms with Gasteiger partial charge in [-0.05, 0) is 18.2 Å². The van der Waals surface area contributed by atoms with Crippen LogP contribution in [0.3, 0.4) is 0 Å². The van der Waals surface area contributed by atoms with Gasteiger partial charge >= 0.3 is 110 Å². The molecule has 0 spiro atoms. The fourth-order valence-electron chi connectivity index (χ4n) is 3.07. The smallest absolute Gasteiger partial charge is 0.378 e. The van der Waals surface area contributed by atoms with Gasteiger partial charge in [-0.1, -0.05) is 0 Å². The van der Waals surface area contributed by atoms with Gasteiger partial charge in [-0.15, -0.1) is 0 Å². The quantitative estimate of drug-likeness (QED) is 0.0792. The van der Waals surface area contributed by atoms with E-state index in [9.17, 15) is 139 Å². The number of alkyl halides is 18. The van der Waals surface area contributed by atoms with Crippen LogP contribution in [0.1, 0.15) is 20.7 Å². The monoisotopic (exact) mass is 1060 g/mol. The van der Waals surface area contributed by atoms with Crippen molar-refractivity contribution >= 4 is 72.3 Å². The van der Waals surface area contributed by atoms with Crippen LogP contribution in [-0.2, 0) is 60.5 Å². The molecule has 2 amide bonds. The number of sulfonamides is 2. The third-order valence-corrected chi connectivity index (χ3v) is 13.0. The number of nitrogens with one attached hydrogen (secondary N) is 2. The molecular formula is C17H8F18N2O18S6. The maximum absolute atomic E-state index is 14.3. The lowest BCUT2D eigenvalue weighted by molar-refractivity contribution is -0.247. The molecular weight excluding hydrogens is 1050 g/mol. The van der Waals surface area contributed by atoms with Crippen molar-refractivity contribution in [2.75, 3.05) is 0 Å². The van der Waals surface area contributed by atoms with Crippen LogP contribution in [0.4, 0.5) is 79.0 Å². The van der Waals surface area contributed by atoms with Gasteiger partial charge in [0.15, 0.2) is 0 Å². The lowest BCUT2D eigenvalue weighted by Crippen LogP contribution is -2.63. The number of benzene rings is 1. The fourth-order valence-corrected chi connectivity index (χ4v) is 7.43. The molecule has 0 aliphatic rings. The van der Waals surface area contributed by atoms with Crippen LogP contribution in [0, 0.1) is 0 Å². The molecule has 1 aromatic carbocycles. The Labute approximate surface area is 322 Å². The molecule has 0 saturated heterocycles. The maximum atomic E-state index is 14.3. The van der Waals surface area contributed by atoms with Crippen LogP contribution in [0.25, 0.3) is 0 Å². The van der Waals surface area contributed by atoms with Crippen molar-refractivity contribution in [3.63, 3.8) is 0 Å². The predicted octanol–water partition coefficient (Wildman–Crippen LogP) is 1.64. The maximum Gasteiger partial charge on any atom is 0.450 e. The van der Waals surface area contributed by atoms with E-state index in [-0.39, 0.29) is 0 Å². The molecule has 0 bridgehead atoms. The van der Waals surface area contributed by atoms with Crippen LogP contribution in [0.2, 0.25) is 0 Å². The minimum absolute atomic E-state index is 0.493. The van der Waals surface area contributed by atoms with Gasteiger partial charge in [0.2, 0.25) is 0 Å². The van der Waals surface area contributed by atoms with Crippen LogP contribution >= 0.6 is 0 Å². The highest BCUT2D eigenvalue weighted by Gasteiger charge is 2.85. The zero-order valence-corrected chi connectivity index (χ0v) is 31.3. The van der Waals surface area contributed by atoms with E-state index in [1.54, 1.807) is 0 Å². The van der Waals surface area contributed by atoms with Crippen molar-refractivity contribution in [2.45, 2.75) is 49.3 Å². The first-order valence-electron chi connectivity index (χ1n) is 12.6. The Kier molecular flexibility index (Phi) is 13.5. The molecule has 5 N–H and O–H groups in total. The van der Waals surface area contributed by atoms with Gasteiger partial charge in [0.25, 0.3) is 11.8 Å². The van der Waals surface area contributed by atoms with Crippen LogP contribution in [0.5, 0.6) is 5.75 Å². The molecule has 1 rings (SSSR count). The topological polar surface area (TPSA) is 333 Å². The first-order valence-corrected chi connectivity index (χ1v) is 21.3. The summed E-state index contributed by atoms with van der Waals surface area (Å²) >= 11 is 0. The summed E-state index contributed by atoms with van der Waals surface area (Å²) in [6.07, 6.45) is 0. The fraction of sp³-hybridized carbons (Fsp3) is 0.529. The van der Waals surface area contributed by atoms with Crippen molar-refractivity contribution < 1.29 is 157 Å². The Morgan fingerprint density at radius 3 is 0.869 bits per heavy atom. The summed E-state index contributed by atoms with van der Waals surface area (Å²) in [5.74, 6) is -33.7. The molecule has 0 radical (unpaired) electrons. The summed E-state index contributed by atoms with van der Waals surface area (Å²) in [6.45, 7) is 0. The largest absolute Gasteiger partial charge is 0.450 e. The Balaban J connectivity index is 4.22. The van der Waals surface area contributed by atoms with Crippen LogP contribution < -0.4 is 13.6 Å².